The molecule has 4 nitrogen and oxygen atoms in total. The predicted octanol–water partition coefficient (Wildman–Crippen LogP) is 6.08. The zero-order chi connectivity index (χ0) is 31.1. The maximum atomic E-state index is 7.23. The quantitative estimate of drug-likeness (QED) is 0.160. The van der Waals surface area contributed by atoms with Gasteiger partial charge in [0.05, 0.1) is 0 Å². The van der Waals surface area contributed by atoms with E-state index in [1.54, 1.807) is 18.2 Å². The molecular formula is C37H29BIrN4-2. The minimum Gasteiger partial charge on any atom is -0.385 e. The van der Waals surface area contributed by atoms with Crippen molar-refractivity contribution in [2.75, 3.05) is 23.9 Å². The molecule has 1 radical (unpaired) electrons. The first-order valence-corrected chi connectivity index (χ1v) is 13.9. The molecule has 43 heavy (non-hydrogen) atoms. The molecule has 0 atom stereocenters. The van der Waals surface area contributed by atoms with Crippen molar-refractivity contribution in [2.45, 2.75) is 6.85 Å². The van der Waals surface area contributed by atoms with Crippen LogP contribution in [0.4, 0.5) is 22.7 Å². The van der Waals surface area contributed by atoms with Crippen LogP contribution in [0, 0.1) is 19.0 Å². The van der Waals surface area contributed by atoms with E-state index < -0.39 is 6.85 Å². The van der Waals surface area contributed by atoms with Crippen molar-refractivity contribution in [1.29, 1.82) is 0 Å². The van der Waals surface area contributed by atoms with E-state index in [9.17, 15) is 0 Å². The van der Waals surface area contributed by atoms with Gasteiger partial charge in [-0.3, -0.25) is 0 Å². The van der Waals surface area contributed by atoms with Gasteiger partial charge in [0.1, 0.15) is 0 Å². The third kappa shape index (κ3) is 5.07. The van der Waals surface area contributed by atoms with Gasteiger partial charge in [-0.05, 0) is 64.3 Å². The summed E-state index contributed by atoms with van der Waals surface area (Å²) in [7, 11) is 4.31. The Kier molecular flexibility index (Phi) is 6.99. The summed E-state index contributed by atoms with van der Waals surface area (Å²) in [5.74, 6) is 0. The van der Waals surface area contributed by atoms with E-state index in [4.69, 9.17) is 4.11 Å². The van der Waals surface area contributed by atoms with Crippen molar-refractivity contribution in [3.05, 3.63) is 139 Å². The van der Waals surface area contributed by atoms with Crippen LogP contribution in [-0.2, 0) is 20.1 Å². The van der Waals surface area contributed by atoms with Crippen LogP contribution in [-0.4, -0.2) is 30.8 Å². The number of hydrogen-bond acceptors (Lipinski definition) is 4. The van der Waals surface area contributed by atoms with Gasteiger partial charge < -0.3 is 19.8 Å². The number of fused-ring (bicyclic) bond motifs is 4. The van der Waals surface area contributed by atoms with Crippen LogP contribution >= 0.6 is 0 Å². The smallest absolute Gasteiger partial charge is 0.232 e. The average molecular weight is 736 g/mol. The Morgan fingerprint density at radius 1 is 0.698 bits per heavy atom. The van der Waals surface area contributed by atoms with Gasteiger partial charge in [0.15, 0.2) is 0 Å². The minimum absolute atomic E-state index is 0. The van der Waals surface area contributed by atoms with Gasteiger partial charge in [-0.2, -0.15) is 0 Å². The number of anilines is 4. The first kappa shape index (κ1) is 25.0. The van der Waals surface area contributed by atoms with E-state index in [0.29, 0.717) is 0 Å². The van der Waals surface area contributed by atoms with Crippen molar-refractivity contribution in [3.8, 4) is 22.5 Å². The molecule has 2 aliphatic rings. The monoisotopic (exact) mass is 736 g/mol. The second-order valence-corrected chi connectivity index (χ2v) is 10.4. The summed E-state index contributed by atoms with van der Waals surface area (Å²) in [6, 6.07) is 43.0. The van der Waals surface area contributed by atoms with Crippen LogP contribution in [0.5, 0.6) is 0 Å². The number of aromatic nitrogens is 2. The molecule has 0 amide bonds. The third-order valence-electron chi connectivity index (χ3n) is 7.99. The van der Waals surface area contributed by atoms with Crippen molar-refractivity contribution in [2.24, 2.45) is 0 Å². The van der Waals surface area contributed by atoms with Crippen LogP contribution in [0.15, 0.2) is 122 Å². The summed E-state index contributed by atoms with van der Waals surface area (Å²) in [4.78, 5) is 13.4. The van der Waals surface area contributed by atoms with E-state index in [1.165, 1.54) is 45.3 Å². The largest absolute Gasteiger partial charge is 0.385 e. The van der Waals surface area contributed by atoms with Gasteiger partial charge >= 0.3 is 0 Å². The molecule has 0 unspecified atom stereocenters. The van der Waals surface area contributed by atoms with E-state index in [-0.39, 0.29) is 32.4 Å². The molecule has 8 rings (SSSR count). The third-order valence-corrected chi connectivity index (χ3v) is 7.99. The van der Waals surface area contributed by atoms with Crippen LogP contribution in [0.2, 0.25) is 0 Å². The average Bonchev–Trinajstić information content (AvgIpc) is 3.08. The fourth-order valence-corrected chi connectivity index (χ4v) is 6.07. The Balaban J connectivity index is 0.000000187. The van der Waals surface area contributed by atoms with Gasteiger partial charge in [-0.1, -0.05) is 60.7 Å². The molecular weight excluding hydrogens is 703 g/mol. The fourth-order valence-electron chi connectivity index (χ4n) is 6.07. The Labute approximate surface area is 271 Å². The molecule has 0 saturated carbocycles. The number of aryl methyl sites for hydroxylation is 1. The number of hydrogen-bond donors (Lipinski definition) is 0. The molecule has 4 aromatic carbocycles. The molecule has 4 heterocycles. The first-order valence-electron chi connectivity index (χ1n) is 15.4. The zero-order valence-electron chi connectivity index (χ0n) is 26.7. The maximum absolute atomic E-state index is 7.23. The molecule has 0 aliphatic carbocycles. The van der Waals surface area contributed by atoms with Gasteiger partial charge in [0, 0.05) is 62.1 Å². The summed E-state index contributed by atoms with van der Waals surface area (Å²) in [5, 5.41) is 0. The number of pyridine rings is 2. The summed E-state index contributed by atoms with van der Waals surface area (Å²) < 4.78 is 21.7. The van der Waals surface area contributed by atoms with E-state index in [0.717, 1.165) is 22.5 Å². The molecule has 0 N–H and O–H groups in total. The molecule has 0 spiro atoms. The van der Waals surface area contributed by atoms with Crippen LogP contribution in [0.1, 0.15) is 9.68 Å². The second-order valence-electron chi connectivity index (χ2n) is 10.4. The van der Waals surface area contributed by atoms with E-state index in [1.807, 2.05) is 36.5 Å². The van der Waals surface area contributed by atoms with Gasteiger partial charge in [0.2, 0.25) is 6.71 Å². The molecule has 6 heteroatoms. The Morgan fingerprint density at radius 2 is 1.42 bits per heavy atom. The summed E-state index contributed by atoms with van der Waals surface area (Å²) in [6.45, 7) is -1.89. The van der Waals surface area contributed by atoms with Gasteiger partial charge in [-0.15, -0.1) is 59.1 Å². The minimum atomic E-state index is -2.09. The number of benzene rings is 4. The van der Waals surface area contributed by atoms with Crippen molar-refractivity contribution >= 4 is 45.9 Å². The molecule has 0 bridgehead atoms. The molecule has 0 saturated heterocycles. The molecule has 211 valence electrons. The zero-order valence-corrected chi connectivity index (χ0v) is 26.1. The van der Waals surface area contributed by atoms with Crippen LogP contribution < -0.4 is 26.2 Å². The van der Waals surface area contributed by atoms with E-state index in [2.05, 4.69) is 107 Å². The molecule has 2 aliphatic heterocycles. The summed E-state index contributed by atoms with van der Waals surface area (Å²) in [5.41, 5.74) is 12.8. The number of para-hydroxylation sites is 2. The van der Waals surface area contributed by atoms with E-state index >= 15 is 0 Å². The SMILES string of the molecule is CN1c2ccccc2B2c3ccccc3N(C)c3c(-c4ccccn4)[c-]cc1c32.[2H]C([2H])([2H])c1ccc(-c2[c-]cccc2)nc1.[Ir]. The Hall–Kier alpha value is -4.51. The van der Waals surface area contributed by atoms with Crippen molar-refractivity contribution in [3.63, 3.8) is 0 Å². The molecule has 0 fully saturated rings. The maximum Gasteiger partial charge on any atom is 0.232 e. The number of nitrogens with zero attached hydrogens (tertiary/aromatic N) is 4. The second kappa shape index (κ2) is 12.0. The molecule has 6 aromatic rings. The van der Waals surface area contributed by atoms with Crippen LogP contribution in [0.25, 0.3) is 22.5 Å². The Bertz CT molecular complexity index is 1980. The Morgan fingerprint density at radius 3 is 2.07 bits per heavy atom. The normalized spacial score (nSPS) is 13.5. The number of rotatable bonds is 2. The van der Waals surface area contributed by atoms with Gasteiger partial charge in [0.25, 0.3) is 0 Å². The summed E-state index contributed by atoms with van der Waals surface area (Å²) in [6.07, 6.45) is 3.24. The van der Waals surface area contributed by atoms with Crippen molar-refractivity contribution < 1.29 is 24.2 Å². The standard InChI is InChI=1S/C25H19BN3.C12H10N.Ir/c1-28-21-12-5-3-9-18(21)26-19-10-4-6-13-22(19)29(2)25-17(14-15-23(28)24(25)26)20-11-7-8-16-27-20;1-10-7-8-12(13-9-10)11-5-3-2-4-6-11;/h3-13,15-16H,1-2H3;2-5,7-9H,1H3;/q2*-1;/i;1D3;. The topological polar surface area (TPSA) is 32.3 Å². The van der Waals surface area contributed by atoms with Crippen LogP contribution in [0.3, 0.4) is 0 Å². The first-order chi connectivity index (χ1) is 21.8. The predicted molar refractivity (Wildman–Crippen MR) is 175 cm³/mol. The van der Waals surface area contributed by atoms with Crippen molar-refractivity contribution in [1.82, 2.24) is 9.97 Å². The molecule has 2 aromatic heterocycles. The van der Waals surface area contributed by atoms with Gasteiger partial charge in [-0.25, -0.2) is 0 Å². The summed E-state index contributed by atoms with van der Waals surface area (Å²) >= 11 is 0. The fraction of sp³-hybridized carbons (Fsp3) is 0.0811.